The Balaban J connectivity index is 1.53. The van der Waals surface area contributed by atoms with Crippen LogP contribution in [0.25, 0.3) is 0 Å². The quantitative estimate of drug-likeness (QED) is 0.732. The molecule has 1 aromatic carbocycles. The van der Waals surface area contributed by atoms with Crippen LogP contribution in [0.1, 0.15) is 47.6 Å². The number of oxazole rings is 1. The molecular weight excluding hydrogens is 382 g/mol. The highest BCUT2D eigenvalue weighted by Gasteiger charge is 2.40. The molecule has 0 radical (unpaired) electrons. The van der Waals surface area contributed by atoms with Crippen molar-refractivity contribution in [3.8, 4) is 0 Å². The van der Waals surface area contributed by atoms with Gasteiger partial charge in [0.1, 0.15) is 6.26 Å². The van der Waals surface area contributed by atoms with Crippen LogP contribution in [0.3, 0.4) is 0 Å². The van der Waals surface area contributed by atoms with Gasteiger partial charge in [-0.25, -0.2) is 4.98 Å². The van der Waals surface area contributed by atoms with Gasteiger partial charge in [-0.3, -0.25) is 9.69 Å². The lowest BCUT2D eigenvalue weighted by Gasteiger charge is -2.37. The van der Waals surface area contributed by atoms with Crippen molar-refractivity contribution in [2.24, 2.45) is 0 Å². The number of aromatic nitrogens is 1. The molecule has 2 aliphatic rings. The van der Waals surface area contributed by atoms with E-state index in [9.17, 15) is 9.90 Å². The van der Waals surface area contributed by atoms with Gasteiger partial charge in [0.2, 0.25) is 0 Å². The third-order valence-electron chi connectivity index (χ3n) is 6.62. The number of nitrogens with one attached hydrogen (secondary N) is 1. The second-order valence-electron chi connectivity index (χ2n) is 8.44. The van der Waals surface area contributed by atoms with E-state index in [1.54, 1.807) is 6.92 Å². The van der Waals surface area contributed by atoms with Crippen molar-refractivity contribution < 1.29 is 19.1 Å². The molecule has 0 bridgehead atoms. The smallest absolute Gasteiger partial charge is 0.273 e. The van der Waals surface area contributed by atoms with Gasteiger partial charge in [-0.2, -0.15) is 0 Å². The number of hydrogen-bond donors (Lipinski definition) is 2. The molecule has 0 spiro atoms. The molecule has 1 saturated heterocycles. The average Bonchev–Trinajstić information content (AvgIpc) is 3.15. The van der Waals surface area contributed by atoms with Gasteiger partial charge in [-0.1, -0.05) is 30.3 Å². The molecule has 4 rings (SSSR count). The summed E-state index contributed by atoms with van der Waals surface area (Å²) < 4.78 is 10.7. The van der Waals surface area contributed by atoms with E-state index >= 15 is 0 Å². The summed E-state index contributed by atoms with van der Waals surface area (Å²) in [6.07, 6.45) is 4.32. The summed E-state index contributed by atoms with van der Waals surface area (Å²) in [5.74, 6) is 0.251. The number of amides is 1. The normalized spacial score (nSPS) is 28.1. The third kappa shape index (κ3) is 4.58. The van der Waals surface area contributed by atoms with Crippen molar-refractivity contribution in [2.75, 3.05) is 32.8 Å². The van der Waals surface area contributed by atoms with Crippen LogP contribution in [0.5, 0.6) is 0 Å². The third-order valence-corrected chi connectivity index (χ3v) is 6.62. The van der Waals surface area contributed by atoms with Crippen molar-refractivity contribution in [2.45, 2.75) is 50.2 Å². The van der Waals surface area contributed by atoms with Crippen LogP contribution >= 0.6 is 0 Å². The first-order chi connectivity index (χ1) is 14.6. The maximum absolute atomic E-state index is 12.6. The maximum Gasteiger partial charge on any atom is 0.273 e. The summed E-state index contributed by atoms with van der Waals surface area (Å²) in [4.78, 5) is 19.1. The number of nitrogens with zero attached hydrogens (tertiary/aromatic N) is 2. The Morgan fingerprint density at radius 3 is 2.67 bits per heavy atom. The molecule has 2 aromatic rings. The minimum absolute atomic E-state index is 0.133. The average molecular weight is 414 g/mol. The molecule has 1 aliphatic heterocycles. The van der Waals surface area contributed by atoms with Gasteiger partial charge in [0.15, 0.2) is 11.6 Å². The molecule has 7 nitrogen and oxygen atoms in total. The van der Waals surface area contributed by atoms with Gasteiger partial charge in [0, 0.05) is 38.0 Å². The molecule has 0 unspecified atom stereocenters. The SMILES string of the molecule is Cc1nc(C(=O)NC[C@]2(c3ccccc3)CC[C@@H](O)[C@H](N3CCOCC3)CC2)co1. The van der Waals surface area contributed by atoms with Gasteiger partial charge in [0.05, 0.1) is 19.3 Å². The van der Waals surface area contributed by atoms with Crippen LogP contribution in [0.2, 0.25) is 0 Å². The van der Waals surface area contributed by atoms with E-state index < -0.39 is 0 Å². The van der Waals surface area contributed by atoms with Gasteiger partial charge in [-0.05, 0) is 31.2 Å². The van der Waals surface area contributed by atoms with Crippen molar-refractivity contribution in [1.29, 1.82) is 0 Å². The summed E-state index contributed by atoms with van der Waals surface area (Å²) in [5, 5.41) is 14.0. The van der Waals surface area contributed by atoms with Gasteiger partial charge < -0.3 is 19.6 Å². The Bertz CT molecular complexity index is 834. The largest absolute Gasteiger partial charge is 0.448 e. The molecule has 30 heavy (non-hydrogen) atoms. The van der Waals surface area contributed by atoms with E-state index in [4.69, 9.17) is 9.15 Å². The zero-order valence-corrected chi connectivity index (χ0v) is 17.5. The first-order valence-electron chi connectivity index (χ1n) is 10.8. The van der Waals surface area contributed by atoms with Crippen molar-refractivity contribution >= 4 is 5.91 Å². The van der Waals surface area contributed by atoms with Crippen LogP contribution < -0.4 is 5.32 Å². The Labute approximate surface area is 177 Å². The number of hydrogen-bond acceptors (Lipinski definition) is 6. The molecule has 1 aliphatic carbocycles. The molecule has 1 saturated carbocycles. The van der Waals surface area contributed by atoms with E-state index in [2.05, 4.69) is 27.3 Å². The van der Waals surface area contributed by atoms with E-state index in [1.165, 1.54) is 11.8 Å². The number of rotatable bonds is 5. The van der Waals surface area contributed by atoms with Crippen LogP contribution in [-0.4, -0.2) is 65.9 Å². The predicted octanol–water partition coefficient (Wildman–Crippen LogP) is 2.29. The van der Waals surface area contributed by atoms with Crippen LogP contribution in [0.15, 0.2) is 41.0 Å². The van der Waals surface area contributed by atoms with Crippen LogP contribution in [0, 0.1) is 6.92 Å². The van der Waals surface area contributed by atoms with Gasteiger partial charge >= 0.3 is 0 Å². The molecule has 2 heterocycles. The monoisotopic (exact) mass is 413 g/mol. The fourth-order valence-electron chi connectivity index (χ4n) is 4.86. The molecule has 2 fully saturated rings. The Hall–Kier alpha value is -2.22. The predicted molar refractivity (Wildman–Crippen MR) is 112 cm³/mol. The number of ether oxygens (including phenoxy) is 1. The minimum Gasteiger partial charge on any atom is -0.448 e. The number of aryl methyl sites for hydroxylation is 1. The second kappa shape index (κ2) is 9.29. The fraction of sp³-hybridized carbons (Fsp3) is 0.565. The standard InChI is InChI=1S/C23H31N3O4/c1-17-25-19(15-30-17)22(28)24-16-23(18-5-3-2-4-6-18)9-7-20(21(27)8-10-23)26-11-13-29-14-12-26/h2-6,15,20-21,27H,7-14,16H2,1H3,(H,24,28)/t20-,21-,23-/m1/s1. The lowest BCUT2D eigenvalue weighted by atomic mass is 9.74. The van der Waals surface area contributed by atoms with Crippen molar-refractivity contribution in [3.05, 3.63) is 53.7 Å². The van der Waals surface area contributed by atoms with Crippen LogP contribution in [0.4, 0.5) is 0 Å². The summed E-state index contributed by atoms with van der Waals surface area (Å²) >= 11 is 0. The second-order valence-corrected chi connectivity index (χ2v) is 8.44. The van der Waals surface area contributed by atoms with E-state index in [0.717, 1.165) is 45.6 Å². The number of carbonyl (C=O) groups excluding carboxylic acids is 1. The molecular formula is C23H31N3O4. The minimum atomic E-state index is -0.373. The van der Waals surface area contributed by atoms with Crippen molar-refractivity contribution in [3.63, 3.8) is 0 Å². The molecule has 1 amide bonds. The lowest BCUT2D eigenvalue weighted by Crippen LogP contribution is -2.48. The number of morpholine rings is 1. The Kier molecular flexibility index (Phi) is 6.51. The molecule has 3 atom stereocenters. The highest BCUT2D eigenvalue weighted by Crippen LogP contribution is 2.39. The van der Waals surface area contributed by atoms with Crippen LogP contribution in [-0.2, 0) is 10.2 Å². The highest BCUT2D eigenvalue weighted by molar-refractivity contribution is 5.91. The molecule has 162 valence electrons. The summed E-state index contributed by atoms with van der Waals surface area (Å²) in [6, 6.07) is 10.5. The zero-order chi connectivity index (χ0) is 21.0. The van der Waals surface area contributed by atoms with E-state index in [-0.39, 0.29) is 23.5 Å². The lowest BCUT2D eigenvalue weighted by molar-refractivity contribution is -0.0236. The Morgan fingerprint density at radius 2 is 1.97 bits per heavy atom. The fourth-order valence-corrected chi connectivity index (χ4v) is 4.86. The Morgan fingerprint density at radius 1 is 1.23 bits per heavy atom. The summed E-state index contributed by atoms with van der Waals surface area (Å²) in [7, 11) is 0. The van der Waals surface area contributed by atoms with E-state index in [0.29, 0.717) is 24.6 Å². The van der Waals surface area contributed by atoms with Gasteiger partial charge in [0.25, 0.3) is 5.91 Å². The molecule has 7 heteroatoms. The summed E-state index contributed by atoms with van der Waals surface area (Å²) in [5.41, 5.74) is 1.28. The zero-order valence-electron chi connectivity index (χ0n) is 17.5. The molecule has 1 aromatic heterocycles. The first-order valence-corrected chi connectivity index (χ1v) is 10.8. The maximum atomic E-state index is 12.6. The topological polar surface area (TPSA) is 87.8 Å². The highest BCUT2D eigenvalue weighted by atomic mass is 16.5. The number of aliphatic hydroxyl groups excluding tert-OH is 1. The first kappa shape index (κ1) is 21.0. The number of aliphatic hydroxyl groups is 1. The number of benzene rings is 1. The number of carbonyl (C=O) groups is 1. The molecule has 2 N–H and O–H groups in total. The van der Waals surface area contributed by atoms with Gasteiger partial charge in [-0.15, -0.1) is 0 Å². The summed E-state index contributed by atoms with van der Waals surface area (Å²) in [6.45, 7) is 5.40. The van der Waals surface area contributed by atoms with E-state index in [1.807, 2.05) is 18.2 Å². The van der Waals surface area contributed by atoms with Crippen molar-refractivity contribution in [1.82, 2.24) is 15.2 Å².